The van der Waals surface area contributed by atoms with Gasteiger partial charge in [-0.2, -0.15) is 4.98 Å². The van der Waals surface area contributed by atoms with Gasteiger partial charge in [0.2, 0.25) is 17.7 Å². The maximum atomic E-state index is 11.2. The van der Waals surface area contributed by atoms with Gasteiger partial charge in [0, 0.05) is 18.8 Å². The molecule has 0 aliphatic rings. The zero-order valence-corrected chi connectivity index (χ0v) is 9.49. The van der Waals surface area contributed by atoms with Gasteiger partial charge in [-0.1, -0.05) is 0 Å². The average molecular weight is 224 g/mol. The lowest BCUT2D eigenvalue weighted by Crippen LogP contribution is -2.29. The third-order valence-electron chi connectivity index (χ3n) is 1.70. The van der Waals surface area contributed by atoms with Crippen LogP contribution in [0.5, 0.6) is 5.88 Å². The van der Waals surface area contributed by atoms with E-state index >= 15 is 0 Å². The van der Waals surface area contributed by atoms with Gasteiger partial charge in [0.25, 0.3) is 0 Å². The Morgan fingerprint density at radius 3 is 3.00 bits per heavy atom. The molecule has 1 aromatic rings. The first-order valence-corrected chi connectivity index (χ1v) is 5.22. The van der Waals surface area contributed by atoms with E-state index in [-0.39, 0.29) is 12.5 Å². The monoisotopic (exact) mass is 224 g/mol. The molecule has 0 spiro atoms. The maximum absolute atomic E-state index is 11.2. The number of nitrogens with one attached hydrogen (secondary N) is 2. The van der Waals surface area contributed by atoms with Gasteiger partial charge in [0.05, 0.1) is 13.2 Å². The number of amides is 1. The normalized spacial score (nSPS) is 9.62. The molecule has 6 heteroatoms. The number of carbonyl (C=O) groups excluding carboxylic acids is 1. The third kappa shape index (κ3) is 4.12. The van der Waals surface area contributed by atoms with Crippen LogP contribution in [0.1, 0.15) is 13.8 Å². The van der Waals surface area contributed by atoms with E-state index in [1.165, 1.54) is 0 Å². The topological polar surface area (TPSA) is 76.1 Å². The number of hydrogen-bond donors (Lipinski definition) is 2. The lowest BCUT2D eigenvalue weighted by Gasteiger charge is -2.06. The first kappa shape index (κ1) is 12.2. The molecule has 6 nitrogen and oxygen atoms in total. The number of hydrogen-bond acceptors (Lipinski definition) is 5. The van der Waals surface area contributed by atoms with E-state index in [9.17, 15) is 4.79 Å². The highest BCUT2D eigenvalue weighted by atomic mass is 16.5. The molecule has 2 N–H and O–H groups in total. The minimum absolute atomic E-state index is 0.0899. The van der Waals surface area contributed by atoms with Crippen LogP contribution >= 0.6 is 0 Å². The fourth-order valence-electron chi connectivity index (χ4n) is 1.07. The van der Waals surface area contributed by atoms with Crippen molar-refractivity contribution in [3.8, 4) is 5.88 Å². The summed E-state index contributed by atoms with van der Waals surface area (Å²) in [4.78, 5) is 19.2. The molecule has 0 bridgehead atoms. The summed E-state index contributed by atoms with van der Waals surface area (Å²) in [5.41, 5.74) is 0. The van der Waals surface area contributed by atoms with Crippen LogP contribution in [0.3, 0.4) is 0 Å². The Kier molecular flexibility index (Phi) is 5.04. The van der Waals surface area contributed by atoms with Gasteiger partial charge >= 0.3 is 0 Å². The molecule has 88 valence electrons. The standard InChI is InChI=1S/C10H16N4O2/c1-3-11-8(15)7-13-10-12-6-5-9(14-10)16-4-2/h5-6H,3-4,7H2,1-2H3,(H,11,15)(H,12,13,14). The van der Waals surface area contributed by atoms with Crippen molar-refractivity contribution in [1.82, 2.24) is 15.3 Å². The Labute approximate surface area is 94.4 Å². The summed E-state index contributed by atoms with van der Waals surface area (Å²) in [7, 11) is 0. The molecule has 1 aromatic heterocycles. The van der Waals surface area contributed by atoms with E-state index in [0.29, 0.717) is 25.0 Å². The highest BCUT2D eigenvalue weighted by molar-refractivity contribution is 5.80. The minimum Gasteiger partial charge on any atom is -0.478 e. The molecule has 1 amide bonds. The average Bonchev–Trinajstić information content (AvgIpc) is 2.28. The summed E-state index contributed by atoms with van der Waals surface area (Å²) in [5, 5.41) is 5.48. The van der Waals surface area contributed by atoms with Crippen molar-refractivity contribution in [3.63, 3.8) is 0 Å². The van der Waals surface area contributed by atoms with Crippen molar-refractivity contribution in [1.29, 1.82) is 0 Å². The second-order valence-electron chi connectivity index (χ2n) is 2.96. The van der Waals surface area contributed by atoms with Gasteiger partial charge in [0.1, 0.15) is 0 Å². The van der Waals surface area contributed by atoms with Crippen LogP contribution in [0.4, 0.5) is 5.95 Å². The molecule has 1 heterocycles. The van der Waals surface area contributed by atoms with Crippen molar-refractivity contribution in [2.24, 2.45) is 0 Å². The quantitative estimate of drug-likeness (QED) is 0.732. The first-order chi connectivity index (χ1) is 7.76. The molecule has 0 radical (unpaired) electrons. The van der Waals surface area contributed by atoms with Crippen molar-refractivity contribution in [3.05, 3.63) is 12.3 Å². The van der Waals surface area contributed by atoms with Gasteiger partial charge in [-0.3, -0.25) is 4.79 Å². The van der Waals surface area contributed by atoms with Crippen LogP contribution < -0.4 is 15.4 Å². The molecule has 0 atom stereocenters. The van der Waals surface area contributed by atoms with E-state index in [2.05, 4.69) is 20.6 Å². The zero-order valence-electron chi connectivity index (χ0n) is 9.49. The van der Waals surface area contributed by atoms with Gasteiger partial charge in [-0.15, -0.1) is 0 Å². The van der Waals surface area contributed by atoms with Crippen molar-refractivity contribution in [2.45, 2.75) is 13.8 Å². The fraction of sp³-hybridized carbons (Fsp3) is 0.500. The Balaban J connectivity index is 2.47. The number of rotatable bonds is 6. The lowest BCUT2D eigenvalue weighted by molar-refractivity contribution is -0.119. The largest absolute Gasteiger partial charge is 0.478 e. The zero-order chi connectivity index (χ0) is 11.8. The van der Waals surface area contributed by atoms with Crippen LogP contribution in [0, 0.1) is 0 Å². The highest BCUT2D eigenvalue weighted by Crippen LogP contribution is 2.07. The van der Waals surface area contributed by atoms with E-state index in [1.807, 2.05) is 13.8 Å². The molecule has 0 saturated heterocycles. The van der Waals surface area contributed by atoms with Crippen molar-refractivity contribution < 1.29 is 9.53 Å². The molecule has 0 saturated carbocycles. The van der Waals surface area contributed by atoms with Crippen LogP contribution in [0.2, 0.25) is 0 Å². The fourth-order valence-corrected chi connectivity index (χ4v) is 1.07. The number of carbonyl (C=O) groups is 1. The van der Waals surface area contributed by atoms with Gasteiger partial charge in [-0.25, -0.2) is 4.98 Å². The van der Waals surface area contributed by atoms with E-state index in [1.54, 1.807) is 12.3 Å². The molecular formula is C10H16N4O2. The number of ether oxygens (including phenoxy) is 1. The van der Waals surface area contributed by atoms with Crippen LogP contribution in [0.15, 0.2) is 12.3 Å². The molecule has 1 rings (SSSR count). The summed E-state index contributed by atoms with van der Waals surface area (Å²) >= 11 is 0. The molecule has 0 unspecified atom stereocenters. The summed E-state index contributed by atoms with van der Waals surface area (Å²) in [6.45, 7) is 5.06. The number of nitrogens with zero attached hydrogens (tertiary/aromatic N) is 2. The molecule has 16 heavy (non-hydrogen) atoms. The first-order valence-electron chi connectivity index (χ1n) is 5.22. The van der Waals surface area contributed by atoms with Crippen LogP contribution in [0.25, 0.3) is 0 Å². The summed E-state index contributed by atoms with van der Waals surface area (Å²) in [6.07, 6.45) is 1.58. The molecule has 0 fully saturated rings. The SMILES string of the molecule is CCNC(=O)CNc1nccc(OCC)n1. The Bertz CT molecular complexity index is 343. The lowest BCUT2D eigenvalue weighted by atomic mass is 10.5. The molecule has 0 aliphatic carbocycles. The van der Waals surface area contributed by atoms with Crippen molar-refractivity contribution >= 4 is 11.9 Å². The maximum Gasteiger partial charge on any atom is 0.239 e. The minimum atomic E-state index is -0.0899. The Hall–Kier alpha value is -1.85. The molecule has 0 aliphatic heterocycles. The van der Waals surface area contributed by atoms with Gasteiger partial charge in [-0.05, 0) is 13.8 Å². The van der Waals surface area contributed by atoms with E-state index in [4.69, 9.17) is 4.74 Å². The molecule has 0 aromatic carbocycles. The Morgan fingerprint density at radius 1 is 1.50 bits per heavy atom. The number of likely N-dealkylation sites (N-methyl/N-ethyl adjacent to an activating group) is 1. The second-order valence-corrected chi connectivity index (χ2v) is 2.96. The van der Waals surface area contributed by atoms with Gasteiger partial charge < -0.3 is 15.4 Å². The smallest absolute Gasteiger partial charge is 0.239 e. The Morgan fingerprint density at radius 2 is 2.31 bits per heavy atom. The molecular weight excluding hydrogens is 208 g/mol. The van der Waals surface area contributed by atoms with E-state index in [0.717, 1.165) is 0 Å². The highest BCUT2D eigenvalue weighted by Gasteiger charge is 2.02. The summed E-state index contributed by atoms with van der Waals surface area (Å²) in [5.74, 6) is 0.793. The predicted octanol–water partition coefficient (Wildman–Crippen LogP) is 0.423. The predicted molar refractivity (Wildman–Crippen MR) is 60.4 cm³/mol. The third-order valence-corrected chi connectivity index (χ3v) is 1.70. The second kappa shape index (κ2) is 6.60. The number of aromatic nitrogens is 2. The van der Waals surface area contributed by atoms with Gasteiger partial charge in [0.15, 0.2) is 0 Å². The summed E-state index contributed by atoms with van der Waals surface area (Å²) in [6, 6.07) is 1.67. The van der Waals surface area contributed by atoms with Crippen LogP contribution in [-0.2, 0) is 4.79 Å². The van der Waals surface area contributed by atoms with Crippen LogP contribution in [-0.4, -0.2) is 35.6 Å². The van der Waals surface area contributed by atoms with E-state index < -0.39 is 0 Å². The van der Waals surface area contributed by atoms with Crippen molar-refractivity contribution in [2.75, 3.05) is 25.0 Å². The number of anilines is 1. The summed E-state index contributed by atoms with van der Waals surface area (Å²) < 4.78 is 5.21.